The molecule has 30 heavy (non-hydrogen) atoms. The number of aromatic nitrogens is 2. The number of nitrogens with one attached hydrogen (secondary N) is 2. The van der Waals surface area contributed by atoms with Gasteiger partial charge in [0.05, 0.1) is 15.9 Å². The van der Waals surface area contributed by atoms with Crippen molar-refractivity contribution in [2.45, 2.75) is 18.4 Å². The van der Waals surface area contributed by atoms with E-state index in [-0.39, 0.29) is 11.4 Å². The van der Waals surface area contributed by atoms with Crippen molar-refractivity contribution in [3.63, 3.8) is 0 Å². The van der Waals surface area contributed by atoms with Crippen molar-refractivity contribution in [2.75, 3.05) is 0 Å². The Labute approximate surface area is 174 Å². The highest BCUT2D eigenvalue weighted by atomic mass is 32.2. The maximum absolute atomic E-state index is 12.6. The van der Waals surface area contributed by atoms with Gasteiger partial charge in [0.2, 0.25) is 15.9 Å². The number of hydrogen-bond acceptors (Lipinski definition) is 4. The van der Waals surface area contributed by atoms with Gasteiger partial charge in [0.25, 0.3) is 0 Å². The van der Waals surface area contributed by atoms with Crippen LogP contribution in [0.2, 0.25) is 0 Å². The summed E-state index contributed by atoms with van der Waals surface area (Å²) >= 11 is 0. The summed E-state index contributed by atoms with van der Waals surface area (Å²) < 4.78 is 27.9. The van der Waals surface area contributed by atoms with E-state index < -0.39 is 15.9 Å². The van der Waals surface area contributed by atoms with Gasteiger partial charge in [-0.2, -0.15) is 0 Å². The summed E-state index contributed by atoms with van der Waals surface area (Å²) in [6.45, 7) is 2.17. The Morgan fingerprint density at radius 3 is 2.50 bits per heavy atom. The number of aryl methyl sites for hydroxylation is 1. The van der Waals surface area contributed by atoms with Crippen LogP contribution < -0.4 is 10.5 Å². The Balaban J connectivity index is 1.55. The molecular weight excluding hydrogens is 400 g/mol. The number of hydrogen-bond donors (Lipinski definition) is 3. The van der Waals surface area contributed by atoms with Crippen LogP contribution >= 0.6 is 0 Å². The molecule has 1 amide bonds. The van der Waals surface area contributed by atoms with Gasteiger partial charge in [-0.25, -0.2) is 18.1 Å². The molecule has 0 saturated heterocycles. The first-order valence-electron chi connectivity index (χ1n) is 9.28. The molecule has 0 aliphatic rings. The van der Waals surface area contributed by atoms with Crippen molar-refractivity contribution in [3.05, 3.63) is 83.4 Å². The Morgan fingerprint density at radius 2 is 1.80 bits per heavy atom. The fourth-order valence-electron chi connectivity index (χ4n) is 3.16. The minimum absolute atomic E-state index is 0.173. The monoisotopic (exact) mass is 420 g/mol. The van der Waals surface area contributed by atoms with Crippen LogP contribution in [0.5, 0.6) is 0 Å². The molecule has 0 aliphatic heterocycles. The molecule has 4 aromatic rings. The molecule has 0 radical (unpaired) electrons. The number of amides is 1. The van der Waals surface area contributed by atoms with Crippen LogP contribution in [0.3, 0.4) is 0 Å². The Morgan fingerprint density at radius 1 is 1.07 bits per heavy atom. The number of carbonyl (C=O) groups excluding carboxylic acids is 1. The molecule has 8 heteroatoms. The van der Waals surface area contributed by atoms with E-state index in [1.54, 1.807) is 30.3 Å². The van der Waals surface area contributed by atoms with Gasteiger partial charge in [0.15, 0.2) is 0 Å². The van der Waals surface area contributed by atoms with Crippen LogP contribution in [0.15, 0.2) is 71.6 Å². The van der Waals surface area contributed by atoms with Gasteiger partial charge in [0.1, 0.15) is 5.82 Å². The van der Waals surface area contributed by atoms with Crippen LogP contribution in [0.25, 0.3) is 22.4 Å². The fraction of sp³-hybridized carbons (Fsp3) is 0.0909. The van der Waals surface area contributed by atoms with Gasteiger partial charge in [-0.05, 0) is 60.5 Å². The summed E-state index contributed by atoms with van der Waals surface area (Å²) in [6, 6.07) is 19.1. The number of carbonyl (C=O) groups is 1. The van der Waals surface area contributed by atoms with Crippen LogP contribution in [0, 0.1) is 6.92 Å². The molecule has 7 nitrogen and oxygen atoms in total. The molecule has 0 bridgehead atoms. The lowest BCUT2D eigenvalue weighted by Gasteiger charge is -2.09. The molecule has 3 aromatic carbocycles. The zero-order valence-corrected chi connectivity index (χ0v) is 17.0. The number of imidazole rings is 1. The summed E-state index contributed by atoms with van der Waals surface area (Å²) in [4.78, 5) is 19.1. The van der Waals surface area contributed by atoms with Crippen LogP contribution in [0.1, 0.15) is 21.5 Å². The smallest absolute Gasteiger partial charge is 0.248 e. The largest absolute Gasteiger partial charge is 0.366 e. The highest BCUT2D eigenvalue weighted by molar-refractivity contribution is 7.89. The number of rotatable bonds is 6. The number of primary amides is 1. The molecule has 0 unspecified atom stereocenters. The van der Waals surface area contributed by atoms with Gasteiger partial charge in [-0.3, -0.25) is 4.79 Å². The van der Waals surface area contributed by atoms with E-state index in [0.29, 0.717) is 22.4 Å². The Bertz CT molecular complexity index is 1340. The summed E-state index contributed by atoms with van der Waals surface area (Å²) in [6.07, 6.45) is 0. The third-order valence-corrected chi connectivity index (χ3v) is 6.34. The molecule has 1 aromatic heterocycles. The number of aromatic amines is 1. The van der Waals surface area contributed by atoms with E-state index in [9.17, 15) is 13.2 Å². The van der Waals surface area contributed by atoms with Gasteiger partial charge in [-0.1, -0.05) is 24.3 Å². The van der Waals surface area contributed by atoms with Gasteiger partial charge in [0, 0.05) is 17.7 Å². The average molecular weight is 420 g/mol. The lowest BCUT2D eigenvalue weighted by molar-refractivity contribution is 0.100. The summed E-state index contributed by atoms with van der Waals surface area (Å²) in [5.74, 6) is 0.0595. The van der Waals surface area contributed by atoms with Crippen molar-refractivity contribution in [1.29, 1.82) is 0 Å². The molecule has 4 rings (SSSR count). The Kier molecular flexibility index (Phi) is 5.11. The third-order valence-electron chi connectivity index (χ3n) is 4.92. The number of fused-ring (bicyclic) bond motifs is 1. The molecule has 1 heterocycles. The maximum atomic E-state index is 12.6. The summed E-state index contributed by atoms with van der Waals surface area (Å²) in [7, 11) is -3.65. The molecule has 0 saturated carbocycles. The normalized spacial score (nSPS) is 11.6. The van der Waals surface area contributed by atoms with Crippen molar-refractivity contribution >= 4 is 27.0 Å². The van der Waals surface area contributed by atoms with E-state index >= 15 is 0 Å². The number of H-pyrrole nitrogens is 1. The van der Waals surface area contributed by atoms with Crippen LogP contribution in [0.4, 0.5) is 0 Å². The number of nitrogens with two attached hydrogens (primary N) is 1. The van der Waals surface area contributed by atoms with Crippen LogP contribution in [-0.4, -0.2) is 24.3 Å². The standard InChI is InChI=1S/C22H20N4O3S/c1-14-4-2-3-5-17(14)13-24-30(28,29)18-9-6-15(7-10-18)22-25-19-11-8-16(21(23)27)12-20(19)26-22/h2-12,24H,13H2,1H3,(H2,23,27)(H,25,26). The zero-order chi connectivity index (χ0) is 21.3. The molecule has 0 atom stereocenters. The van der Waals surface area contributed by atoms with Gasteiger partial charge in [-0.15, -0.1) is 0 Å². The van der Waals surface area contributed by atoms with Crippen molar-refractivity contribution < 1.29 is 13.2 Å². The second kappa shape index (κ2) is 7.74. The van der Waals surface area contributed by atoms with E-state index in [4.69, 9.17) is 5.73 Å². The minimum atomic E-state index is -3.65. The van der Waals surface area contributed by atoms with Crippen molar-refractivity contribution in [3.8, 4) is 11.4 Å². The van der Waals surface area contributed by atoms with E-state index in [0.717, 1.165) is 16.7 Å². The molecular formula is C22H20N4O3S. The summed E-state index contributed by atoms with van der Waals surface area (Å²) in [5, 5.41) is 0. The van der Waals surface area contributed by atoms with E-state index in [1.807, 2.05) is 31.2 Å². The number of nitrogens with zero attached hydrogens (tertiary/aromatic N) is 1. The predicted molar refractivity (Wildman–Crippen MR) is 115 cm³/mol. The Hall–Kier alpha value is -3.49. The van der Waals surface area contributed by atoms with E-state index in [1.165, 1.54) is 12.1 Å². The average Bonchev–Trinajstić information content (AvgIpc) is 3.16. The van der Waals surface area contributed by atoms with Gasteiger partial charge >= 0.3 is 0 Å². The maximum Gasteiger partial charge on any atom is 0.248 e. The van der Waals surface area contributed by atoms with Crippen molar-refractivity contribution in [1.82, 2.24) is 14.7 Å². The first kappa shape index (κ1) is 19.8. The summed E-state index contributed by atoms with van der Waals surface area (Å²) in [5.41, 5.74) is 9.75. The van der Waals surface area contributed by atoms with Gasteiger partial charge < -0.3 is 10.7 Å². The van der Waals surface area contributed by atoms with Crippen molar-refractivity contribution in [2.24, 2.45) is 5.73 Å². The highest BCUT2D eigenvalue weighted by Crippen LogP contribution is 2.23. The molecule has 0 aliphatic carbocycles. The lowest BCUT2D eigenvalue weighted by atomic mass is 10.1. The molecule has 0 fully saturated rings. The quantitative estimate of drug-likeness (QED) is 0.444. The lowest BCUT2D eigenvalue weighted by Crippen LogP contribution is -2.23. The molecule has 152 valence electrons. The topological polar surface area (TPSA) is 118 Å². The second-order valence-electron chi connectivity index (χ2n) is 6.96. The highest BCUT2D eigenvalue weighted by Gasteiger charge is 2.15. The third kappa shape index (κ3) is 3.96. The first-order chi connectivity index (χ1) is 14.3. The fourth-order valence-corrected chi connectivity index (χ4v) is 4.16. The molecule has 4 N–H and O–H groups in total. The predicted octanol–water partition coefficient (Wildman–Crippen LogP) is 3.12. The number of sulfonamides is 1. The molecule has 0 spiro atoms. The first-order valence-corrected chi connectivity index (χ1v) is 10.8. The SMILES string of the molecule is Cc1ccccc1CNS(=O)(=O)c1ccc(-c2nc3ccc(C(N)=O)cc3[nH]2)cc1. The van der Waals surface area contributed by atoms with E-state index in [2.05, 4.69) is 14.7 Å². The number of benzene rings is 3. The zero-order valence-electron chi connectivity index (χ0n) is 16.2. The second-order valence-corrected chi connectivity index (χ2v) is 8.72. The van der Waals surface area contributed by atoms with Crippen LogP contribution in [-0.2, 0) is 16.6 Å². The minimum Gasteiger partial charge on any atom is -0.366 e.